The van der Waals surface area contributed by atoms with E-state index in [2.05, 4.69) is 39.0 Å². The van der Waals surface area contributed by atoms with Gasteiger partial charge in [0.1, 0.15) is 5.75 Å². The first-order chi connectivity index (χ1) is 9.21. The van der Waals surface area contributed by atoms with Crippen LogP contribution in [0.4, 0.5) is 0 Å². The topological polar surface area (TPSA) is 20.2 Å². The zero-order valence-electron chi connectivity index (χ0n) is 12.0. The molecule has 19 heavy (non-hydrogen) atoms. The SMILES string of the molecule is CCc1ccc(CC)c(-c2cccc(O)c2)c1CC. The van der Waals surface area contributed by atoms with Crippen molar-refractivity contribution in [2.45, 2.75) is 40.0 Å². The third kappa shape index (κ3) is 2.65. The number of rotatable bonds is 4. The van der Waals surface area contributed by atoms with Crippen molar-refractivity contribution in [3.05, 3.63) is 53.1 Å². The van der Waals surface area contributed by atoms with Crippen molar-refractivity contribution in [2.24, 2.45) is 0 Å². The number of hydrogen-bond donors (Lipinski definition) is 1. The minimum atomic E-state index is 0.337. The van der Waals surface area contributed by atoms with Crippen LogP contribution in [0.15, 0.2) is 36.4 Å². The summed E-state index contributed by atoms with van der Waals surface area (Å²) in [5, 5.41) is 9.73. The van der Waals surface area contributed by atoms with Crippen molar-refractivity contribution in [2.75, 3.05) is 0 Å². The molecule has 0 unspecified atom stereocenters. The first-order valence-electron chi connectivity index (χ1n) is 7.14. The van der Waals surface area contributed by atoms with Gasteiger partial charge in [0.05, 0.1) is 0 Å². The van der Waals surface area contributed by atoms with Gasteiger partial charge in [-0.2, -0.15) is 0 Å². The number of phenols is 1. The maximum atomic E-state index is 9.73. The number of benzene rings is 2. The van der Waals surface area contributed by atoms with Crippen LogP contribution in [0.5, 0.6) is 5.75 Å². The zero-order chi connectivity index (χ0) is 13.8. The molecule has 1 N–H and O–H groups in total. The second kappa shape index (κ2) is 5.92. The predicted octanol–water partition coefficient (Wildman–Crippen LogP) is 4.75. The summed E-state index contributed by atoms with van der Waals surface area (Å²) < 4.78 is 0. The molecule has 0 radical (unpaired) electrons. The van der Waals surface area contributed by atoms with Crippen molar-refractivity contribution < 1.29 is 5.11 Å². The van der Waals surface area contributed by atoms with E-state index in [-0.39, 0.29) is 0 Å². The van der Waals surface area contributed by atoms with Gasteiger partial charge in [0.15, 0.2) is 0 Å². The highest BCUT2D eigenvalue weighted by Crippen LogP contribution is 2.33. The van der Waals surface area contributed by atoms with Crippen LogP contribution in [0.3, 0.4) is 0 Å². The van der Waals surface area contributed by atoms with Crippen LogP contribution >= 0.6 is 0 Å². The minimum Gasteiger partial charge on any atom is -0.508 e. The summed E-state index contributed by atoms with van der Waals surface area (Å²) in [7, 11) is 0. The van der Waals surface area contributed by atoms with Crippen LogP contribution in [-0.2, 0) is 19.3 Å². The van der Waals surface area contributed by atoms with E-state index >= 15 is 0 Å². The van der Waals surface area contributed by atoms with E-state index in [9.17, 15) is 5.11 Å². The molecule has 1 heteroatoms. The average Bonchev–Trinajstić information content (AvgIpc) is 2.45. The van der Waals surface area contributed by atoms with E-state index in [0.717, 1.165) is 24.8 Å². The molecule has 0 aliphatic heterocycles. The molecule has 0 aromatic heterocycles. The highest BCUT2D eigenvalue weighted by Gasteiger charge is 2.12. The fourth-order valence-corrected chi connectivity index (χ4v) is 2.79. The molecule has 100 valence electrons. The van der Waals surface area contributed by atoms with Gasteiger partial charge in [0.2, 0.25) is 0 Å². The Morgan fingerprint density at radius 3 is 2.11 bits per heavy atom. The molecule has 0 heterocycles. The summed E-state index contributed by atoms with van der Waals surface area (Å²) in [5.74, 6) is 0.337. The van der Waals surface area contributed by atoms with Crippen molar-refractivity contribution >= 4 is 0 Å². The van der Waals surface area contributed by atoms with Gasteiger partial charge >= 0.3 is 0 Å². The molecular formula is C18H22O. The molecule has 0 bridgehead atoms. The lowest BCUT2D eigenvalue weighted by Gasteiger charge is -2.17. The summed E-state index contributed by atoms with van der Waals surface area (Å²) in [4.78, 5) is 0. The molecule has 0 spiro atoms. The first-order valence-corrected chi connectivity index (χ1v) is 7.14. The Bertz CT molecular complexity index is 570. The normalized spacial score (nSPS) is 10.7. The van der Waals surface area contributed by atoms with Crippen LogP contribution in [0.1, 0.15) is 37.5 Å². The van der Waals surface area contributed by atoms with E-state index < -0.39 is 0 Å². The fraction of sp³-hybridized carbons (Fsp3) is 0.333. The molecule has 2 aromatic carbocycles. The lowest BCUT2D eigenvalue weighted by atomic mass is 9.88. The molecule has 0 saturated heterocycles. The average molecular weight is 254 g/mol. The molecule has 0 saturated carbocycles. The summed E-state index contributed by atoms with van der Waals surface area (Å²) in [5.41, 5.74) is 6.65. The van der Waals surface area contributed by atoms with Gasteiger partial charge in [0.25, 0.3) is 0 Å². The van der Waals surface area contributed by atoms with E-state index in [4.69, 9.17) is 0 Å². The zero-order valence-corrected chi connectivity index (χ0v) is 12.0. The Kier molecular flexibility index (Phi) is 4.26. The number of aromatic hydroxyl groups is 1. The Balaban J connectivity index is 2.71. The Labute approximate surface area is 115 Å². The molecule has 0 atom stereocenters. The third-order valence-corrected chi connectivity index (χ3v) is 3.75. The van der Waals surface area contributed by atoms with Crippen LogP contribution in [0.25, 0.3) is 11.1 Å². The lowest BCUT2D eigenvalue weighted by molar-refractivity contribution is 0.475. The molecule has 2 aromatic rings. The van der Waals surface area contributed by atoms with E-state index in [1.54, 1.807) is 6.07 Å². The Morgan fingerprint density at radius 1 is 0.842 bits per heavy atom. The second-order valence-electron chi connectivity index (χ2n) is 4.85. The number of aryl methyl sites for hydroxylation is 2. The molecule has 1 nitrogen and oxygen atoms in total. The van der Waals surface area contributed by atoms with Gasteiger partial charge < -0.3 is 5.11 Å². The number of hydrogen-bond acceptors (Lipinski definition) is 1. The molecule has 0 amide bonds. The molecule has 0 aliphatic rings. The summed E-state index contributed by atoms with van der Waals surface area (Å²) >= 11 is 0. The second-order valence-corrected chi connectivity index (χ2v) is 4.85. The fourth-order valence-electron chi connectivity index (χ4n) is 2.79. The van der Waals surface area contributed by atoms with E-state index in [1.807, 2.05) is 12.1 Å². The van der Waals surface area contributed by atoms with Crippen LogP contribution in [0, 0.1) is 0 Å². The van der Waals surface area contributed by atoms with Crippen LogP contribution in [-0.4, -0.2) is 5.11 Å². The predicted molar refractivity (Wildman–Crippen MR) is 81.7 cm³/mol. The van der Waals surface area contributed by atoms with Crippen molar-refractivity contribution in [1.82, 2.24) is 0 Å². The maximum Gasteiger partial charge on any atom is 0.116 e. The first kappa shape index (κ1) is 13.7. The van der Waals surface area contributed by atoms with Gasteiger partial charge in [-0.05, 0) is 59.2 Å². The third-order valence-electron chi connectivity index (χ3n) is 3.75. The molecule has 2 rings (SSSR count). The lowest BCUT2D eigenvalue weighted by Crippen LogP contribution is -1.99. The monoisotopic (exact) mass is 254 g/mol. The highest BCUT2D eigenvalue weighted by atomic mass is 16.3. The van der Waals surface area contributed by atoms with Gasteiger partial charge in [0, 0.05) is 0 Å². The molecule has 0 aliphatic carbocycles. The van der Waals surface area contributed by atoms with Crippen molar-refractivity contribution in [3.63, 3.8) is 0 Å². The van der Waals surface area contributed by atoms with Crippen LogP contribution in [0.2, 0.25) is 0 Å². The van der Waals surface area contributed by atoms with Crippen molar-refractivity contribution in [3.8, 4) is 16.9 Å². The standard InChI is InChI=1S/C18H22O/c1-4-13-10-11-14(5-2)18(17(13)6-3)15-8-7-9-16(19)12-15/h7-12,19H,4-6H2,1-3H3. The van der Waals surface area contributed by atoms with Crippen LogP contribution < -0.4 is 0 Å². The van der Waals surface area contributed by atoms with E-state index in [1.165, 1.54) is 22.3 Å². The summed E-state index contributed by atoms with van der Waals surface area (Å²) in [6, 6.07) is 12.1. The molecular weight excluding hydrogens is 232 g/mol. The Morgan fingerprint density at radius 2 is 1.53 bits per heavy atom. The minimum absolute atomic E-state index is 0.337. The highest BCUT2D eigenvalue weighted by molar-refractivity contribution is 5.73. The number of phenolic OH excluding ortho intramolecular Hbond substituents is 1. The smallest absolute Gasteiger partial charge is 0.116 e. The van der Waals surface area contributed by atoms with E-state index in [0.29, 0.717) is 5.75 Å². The quantitative estimate of drug-likeness (QED) is 0.835. The molecule has 0 fully saturated rings. The van der Waals surface area contributed by atoms with Gasteiger partial charge in [-0.15, -0.1) is 0 Å². The Hall–Kier alpha value is -1.76. The maximum absolute atomic E-state index is 9.73. The summed E-state index contributed by atoms with van der Waals surface area (Å²) in [6.45, 7) is 6.60. The van der Waals surface area contributed by atoms with Gasteiger partial charge in [-0.25, -0.2) is 0 Å². The van der Waals surface area contributed by atoms with Gasteiger partial charge in [-0.1, -0.05) is 45.0 Å². The van der Waals surface area contributed by atoms with Gasteiger partial charge in [-0.3, -0.25) is 0 Å². The largest absolute Gasteiger partial charge is 0.508 e. The van der Waals surface area contributed by atoms with Crippen molar-refractivity contribution in [1.29, 1.82) is 0 Å². The summed E-state index contributed by atoms with van der Waals surface area (Å²) in [6.07, 6.45) is 3.10.